The predicted octanol–water partition coefficient (Wildman–Crippen LogP) is 0.295. The van der Waals surface area contributed by atoms with Crippen LogP contribution in [0.4, 0.5) is 13.2 Å². The normalized spacial score (nSPS) is 11.4. The molecule has 0 aromatic carbocycles. The highest BCUT2D eigenvalue weighted by molar-refractivity contribution is 5.51. The molecule has 0 rings (SSSR count). The molecule has 0 bridgehead atoms. The van der Waals surface area contributed by atoms with Crippen molar-refractivity contribution in [1.82, 2.24) is 5.32 Å². The minimum atomic E-state index is -4.43. The lowest BCUT2D eigenvalue weighted by molar-refractivity contribution is -0.157. The van der Waals surface area contributed by atoms with Gasteiger partial charge in [0.1, 0.15) is 6.29 Å². The first-order valence-corrected chi connectivity index (χ1v) is 1.81. The van der Waals surface area contributed by atoms with Gasteiger partial charge in [-0.15, -0.1) is 0 Å². The summed E-state index contributed by atoms with van der Waals surface area (Å²) in [5.41, 5.74) is 0. The molecular formula is C3H4F3NO. The van der Waals surface area contributed by atoms with Gasteiger partial charge in [-0.1, -0.05) is 0 Å². The Bertz CT molecular complexity index is 79.1. The lowest BCUT2D eigenvalue weighted by Gasteiger charge is -2.02. The van der Waals surface area contributed by atoms with E-state index in [1.165, 1.54) is 0 Å². The molecule has 2 nitrogen and oxygen atoms in total. The molecule has 0 radical (unpaired) electrons. The molecule has 0 atom stereocenters. The second-order valence-electron chi connectivity index (χ2n) is 1.05. The molecule has 0 aliphatic heterocycles. The lowest BCUT2D eigenvalue weighted by atomic mass is 10.7. The van der Waals surface area contributed by atoms with E-state index in [1.54, 1.807) is 0 Å². The van der Waals surface area contributed by atoms with Crippen molar-refractivity contribution in [2.75, 3.05) is 6.54 Å². The van der Waals surface area contributed by atoms with Crippen LogP contribution in [0.1, 0.15) is 0 Å². The smallest absolute Gasteiger partial charge is 0.302 e. The first-order valence-electron chi connectivity index (χ1n) is 1.81. The molecule has 48 valence electrons. The molecule has 0 aliphatic carbocycles. The molecule has 0 aromatic heterocycles. The Hall–Kier alpha value is -0.580. The maximum absolute atomic E-state index is 11.0. The van der Waals surface area contributed by atoms with Gasteiger partial charge in [0.2, 0.25) is 0 Å². The fourth-order valence-corrected chi connectivity index (χ4v) is 0.157. The van der Waals surface area contributed by atoms with E-state index in [2.05, 4.69) is 0 Å². The van der Waals surface area contributed by atoms with Crippen LogP contribution in [0.5, 0.6) is 0 Å². The molecule has 0 spiro atoms. The molecule has 0 saturated heterocycles. The number of nitrogens with one attached hydrogen (secondary N) is 1. The number of carbonyl (C=O) groups is 1. The summed E-state index contributed by atoms with van der Waals surface area (Å²) in [6, 6.07) is 0. The van der Waals surface area contributed by atoms with Crippen molar-refractivity contribution < 1.29 is 18.0 Å². The highest BCUT2D eigenvalue weighted by Gasteiger charge is 2.25. The van der Waals surface area contributed by atoms with Crippen LogP contribution in [0, 0.1) is 0 Å². The summed E-state index contributed by atoms with van der Waals surface area (Å²) in [5.74, 6) is 0. The molecule has 0 amide bonds. The highest BCUT2D eigenvalue weighted by Crippen LogP contribution is 2.07. The Balaban J connectivity index is 3.24. The van der Waals surface area contributed by atoms with Gasteiger partial charge in [0, 0.05) is 0 Å². The molecule has 8 heavy (non-hydrogen) atoms. The van der Waals surface area contributed by atoms with Crippen molar-refractivity contribution in [3.05, 3.63) is 0 Å². The van der Waals surface area contributed by atoms with Crippen LogP contribution >= 0.6 is 0 Å². The van der Waals surface area contributed by atoms with Crippen LogP contribution in [0.3, 0.4) is 0 Å². The fraction of sp³-hybridized carbons (Fsp3) is 0.667. The van der Waals surface area contributed by atoms with Crippen LogP contribution in [-0.4, -0.2) is 19.1 Å². The maximum atomic E-state index is 11.0. The van der Waals surface area contributed by atoms with E-state index >= 15 is 0 Å². The van der Waals surface area contributed by atoms with E-state index in [9.17, 15) is 18.0 Å². The third kappa shape index (κ3) is 5.42. The molecule has 1 N–H and O–H groups in total. The van der Waals surface area contributed by atoms with Crippen molar-refractivity contribution in [2.45, 2.75) is 6.30 Å². The molecular weight excluding hydrogens is 123 g/mol. The van der Waals surface area contributed by atoms with Crippen molar-refractivity contribution in [1.29, 1.82) is 0 Å². The van der Waals surface area contributed by atoms with Gasteiger partial charge < -0.3 is 4.79 Å². The van der Waals surface area contributed by atoms with E-state index in [1.807, 2.05) is 0 Å². The summed E-state index contributed by atoms with van der Waals surface area (Å²) in [5, 5.41) is 1.00. The molecule has 0 aromatic rings. The first-order chi connectivity index (χ1) is 3.56. The first kappa shape index (κ1) is 7.42. The number of carbonyl (C=O) groups excluding carboxylic acids is 1. The molecule has 0 saturated carbocycles. The number of hydrogen-bond donors (Lipinski definition) is 1. The fourth-order valence-electron chi connectivity index (χ4n) is 0.157. The van der Waals surface area contributed by atoms with E-state index in [0.717, 1.165) is 5.32 Å². The number of hydrogen-bond acceptors (Lipinski definition) is 2. The number of halogens is 3. The van der Waals surface area contributed by atoms with Crippen LogP contribution < -0.4 is 5.32 Å². The lowest BCUT2D eigenvalue weighted by Crippen LogP contribution is -2.32. The van der Waals surface area contributed by atoms with E-state index in [-0.39, 0.29) is 6.29 Å². The van der Waals surface area contributed by atoms with Crippen molar-refractivity contribution in [2.24, 2.45) is 0 Å². The number of rotatable bonds is 2. The van der Waals surface area contributed by atoms with Crippen molar-refractivity contribution in [3.63, 3.8) is 0 Å². The summed E-state index contributed by atoms with van der Waals surface area (Å²) in [6.07, 6.45) is -4.28. The summed E-state index contributed by atoms with van der Waals surface area (Å²) >= 11 is 0. The maximum Gasteiger partial charge on any atom is 0.457 e. The molecule has 0 unspecified atom stereocenters. The predicted molar refractivity (Wildman–Crippen MR) is 20.1 cm³/mol. The van der Waals surface area contributed by atoms with Gasteiger partial charge in [0.15, 0.2) is 0 Å². The summed E-state index contributed by atoms with van der Waals surface area (Å²) in [4.78, 5) is 9.29. The summed E-state index contributed by atoms with van der Waals surface area (Å²) in [6.45, 7) is -0.677. The second kappa shape index (κ2) is 2.66. The van der Waals surface area contributed by atoms with Crippen LogP contribution in [-0.2, 0) is 4.79 Å². The average molecular weight is 127 g/mol. The highest BCUT2D eigenvalue weighted by atomic mass is 19.4. The Morgan fingerprint density at radius 1 is 1.50 bits per heavy atom. The van der Waals surface area contributed by atoms with Gasteiger partial charge in [-0.25, -0.2) is 5.32 Å². The van der Waals surface area contributed by atoms with Crippen LogP contribution in [0.15, 0.2) is 0 Å². The van der Waals surface area contributed by atoms with Gasteiger partial charge in [-0.3, -0.25) is 0 Å². The third-order valence-electron chi connectivity index (χ3n) is 0.386. The molecule has 5 heteroatoms. The van der Waals surface area contributed by atoms with Gasteiger partial charge in [0.25, 0.3) is 0 Å². The third-order valence-corrected chi connectivity index (χ3v) is 0.386. The Morgan fingerprint density at radius 3 is 2.12 bits per heavy atom. The average Bonchev–Trinajstić information content (AvgIpc) is 1.59. The van der Waals surface area contributed by atoms with Crippen LogP contribution in [0.2, 0.25) is 0 Å². The molecule has 0 fully saturated rings. The van der Waals surface area contributed by atoms with Crippen LogP contribution in [0.25, 0.3) is 0 Å². The van der Waals surface area contributed by atoms with Gasteiger partial charge in [-0.05, 0) is 0 Å². The summed E-state index contributed by atoms with van der Waals surface area (Å²) in [7, 11) is 0. The quantitative estimate of drug-likeness (QED) is 0.426. The molecule has 0 heterocycles. The number of aldehydes is 1. The Labute approximate surface area is 43.7 Å². The zero-order valence-electron chi connectivity index (χ0n) is 3.83. The topological polar surface area (TPSA) is 29.1 Å². The van der Waals surface area contributed by atoms with E-state index in [0.29, 0.717) is 0 Å². The SMILES string of the molecule is O=CCNC(F)(F)F. The van der Waals surface area contributed by atoms with Gasteiger partial charge in [0.05, 0.1) is 6.54 Å². The van der Waals surface area contributed by atoms with E-state index < -0.39 is 12.8 Å². The standard InChI is InChI=1S/C3H4F3NO/c4-3(5,6)7-1-2-8/h2,7H,1H2. The van der Waals surface area contributed by atoms with E-state index in [4.69, 9.17) is 0 Å². The van der Waals surface area contributed by atoms with Crippen molar-refractivity contribution >= 4 is 6.29 Å². The Morgan fingerprint density at radius 2 is 2.00 bits per heavy atom. The summed E-state index contributed by atoms with van der Waals surface area (Å²) < 4.78 is 32.9. The Kier molecular flexibility index (Phi) is 2.47. The van der Waals surface area contributed by atoms with Crippen molar-refractivity contribution in [3.8, 4) is 0 Å². The minimum absolute atomic E-state index is 0.146. The zero-order valence-corrected chi connectivity index (χ0v) is 3.83. The molecule has 0 aliphatic rings. The largest absolute Gasteiger partial charge is 0.457 e. The second-order valence-corrected chi connectivity index (χ2v) is 1.05. The minimum Gasteiger partial charge on any atom is -0.302 e. The van der Waals surface area contributed by atoms with Gasteiger partial charge in [-0.2, -0.15) is 13.2 Å². The number of alkyl halides is 3. The van der Waals surface area contributed by atoms with Gasteiger partial charge >= 0.3 is 6.30 Å². The zero-order chi connectivity index (χ0) is 6.62. The monoisotopic (exact) mass is 127 g/mol.